The lowest BCUT2D eigenvalue weighted by molar-refractivity contribution is 0.108. The van der Waals surface area contributed by atoms with E-state index in [9.17, 15) is 4.79 Å². The van der Waals surface area contributed by atoms with Crippen molar-refractivity contribution >= 4 is 16.8 Å². The summed E-state index contributed by atoms with van der Waals surface area (Å²) in [7, 11) is 0. The number of hydrogen-bond donors (Lipinski definition) is 0. The minimum absolute atomic E-state index is 0.341. The van der Waals surface area contributed by atoms with Crippen molar-refractivity contribution in [1.29, 1.82) is 0 Å². The molecule has 0 amide bonds. The summed E-state index contributed by atoms with van der Waals surface area (Å²) in [6.07, 6.45) is 8.58. The lowest BCUT2D eigenvalue weighted by atomic mass is 10.0. The zero-order chi connectivity index (χ0) is 12.5. The number of carbonyl (C=O) groups excluding carboxylic acids is 1. The minimum Gasteiger partial charge on any atom is -0.276 e. The van der Waals surface area contributed by atoms with Crippen molar-refractivity contribution < 1.29 is 4.79 Å². The smallest absolute Gasteiger partial charge is 0.252 e. The number of halogens is 1. The van der Waals surface area contributed by atoms with E-state index in [1.807, 2.05) is 24.3 Å². The van der Waals surface area contributed by atoms with Gasteiger partial charge in [-0.15, -0.1) is 0 Å². The van der Waals surface area contributed by atoms with E-state index in [0.717, 1.165) is 18.4 Å². The minimum atomic E-state index is -0.341. The van der Waals surface area contributed by atoms with Crippen LogP contribution in [0.3, 0.4) is 0 Å². The molecule has 94 valence electrons. The molecule has 0 N–H and O–H groups in total. The molecule has 0 spiro atoms. The molecule has 1 aromatic rings. The van der Waals surface area contributed by atoms with Crippen molar-refractivity contribution in [1.82, 2.24) is 0 Å². The van der Waals surface area contributed by atoms with Crippen LogP contribution < -0.4 is 0 Å². The maximum Gasteiger partial charge on any atom is 0.252 e. The topological polar surface area (TPSA) is 17.1 Å². The second-order valence-electron chi connectivity index (χ2n) is 4.45. The molecule has 0 radical (unpaired) electrons. The quantitative estimate of drug-likeness (QED) is 0.472. The summed E-state index contributed by atoms with van der Waals surface area (Å²) in [6.45, 7) is 2.22. The fourth-order valence-electron chi connectivity index (χ4n) is 2.03. The maximum absolute atomic E-state index is 11.2. The van der Waals surface area contributed by atoms with Gasteiger partial charge in [0.05, 0.1) is 0 Å². The third-order valence-corrected chi connectivity index (χ3v) is 3.23. The lowest BCUT2D eigenvalue weighted by Gasteiger charge is -2.05. The Bertz CT molecular complexity index is 347. The van der Waals surface area contributed by atoms with Gasteiger partial charge >= 0.3 is 0 Å². The summed E-state index contributed by atoms with van der Waals surface area (Å²) in [5.41, 5.74) is 1.76. The average Bonchev–Trinajstić information content (AvgIpc) is 2.34. The van der Waals surface area contributed by atoms with Gasteiger partial charge in [0.1, 0.15) is 0 Å². The number of benzene rings is 1. The van der Waals surface area contributed by atoms with Crippen LogP contribution in [0.5, 0.6) is 0 Å². The first kappa shape index (κ1) is 14.2. The molecule has 0 aliphatic rings. The Kier molecular flexibility index (Phi) is 6.95. The van der Waals surface area contributed by atoms with Crippen molar-refractivity contribution in [3.05, 3.63) is 35.4 Å². The van der Waals surface area contributed by atoms with Crippen LogP contribution in [0, 0.1) is 0 Å². The first-order valence-electron chi connectivity index (χ1n) is 6.53. The van der Waals surface area contributed by atoms with E-state index < -0.39 is 0 Å². The van der Waals surface area contributed by atoms with Crippen LogP contribution in [-0.4, -0.2) is 5.24 Å². The molecule has 0 fully saturated rings. The van der Waals surface area contributed by atoms with Crippen LogP contribution in [-0.2, 0) is 6.42 Å². The fourth-order valence-corrected chi connectivity index (χ4v) is 2.21. The van der Waals surface area contributed by atoms with Gasteiger partial charge in [0.25, 0.3) is 5.24 Å². The number of carbonyl (C=O) groups is 1. The second kappa shape index (κ2) is 8.30. The van der Waals surface area contributed by atoms with Crippen LogP contribution >= 0.6 is 11.6 Å². The van der Waals surface area contributed by atoms with Gasteiger partial charge in [0, 0.05) is 5.56 Å². The Morgan fingerprint density at radius 3 is 2.41 bits per heavy atom. The predicted octanol–water partition coefficient (Wildman–Crippen LogP) is 4.97. The molecule has 0 aliphatic heterocycles. The van der Waals surface area contributed by atoms with E-state index in [2.05, 4.69) is 6.92 Å². The molecule has 0 aromatic heterocycles. The van der Waals surface area contributed by atoms with Gasteiger partial charge < -0.3 is 0 Å². The molecular weight excluding hydrogens is 232 g/mol. The predicted molar refractivity (Wildman–Crippen MR) is 73.7 cm³/mol. The first-order valence-corrected chi connectivity index (χ1v) is 6.91. The maximum atomic E-state index is 11.2. The Balaban J connectivity index is 2.34. The molecule has 0 bridgehead atoms. The van der Waals surface area contributed by atoms with Crippen LogP contribution in [0.1, 0.15) is 61.4 Å². The first-order chi connectivity index (χ1) is 8.25. The van der Waals surface area contributed by atoms with E-state index in [1.54, 1.807) is 0 Å². The third-order valence-electron chi connectivity index (χ3n) is 3.03. The Labute approximate surface area is 109 Å². The van der Waals surface area contributed by atoms with E-state index in [4.69, 9.17) is 11.6 Å². The molecule has 0 heterocycles. The summed E-state index contributed by atoms with van der Waals surface area (Å²) >= 11 is 5.55. The number of aryl methyl sites for hydroxylation is 1. The molecule has 0 saturated heterocycles. The fraction of sp³-hybridized carbons (Fsp3) is 0.533. The normalized spacial score (nSPS) is 10.5. The molecule has 0 atom stereocenters. The molecule has 2 heteroatoms. The molecule has 0 unspecified atom stereocenters. The lowest BCUT2D eigenvalue weighted by Crippen LogP contribution is -1.97. The van der Waals surface area contributed by atoms with E-state index in [-0.39, 0.29) is 5.24 Å². The van der Waals surface area contributed by atoms with Crippen molar-refractivity contribution in [2.45, 2.75) is 51.9 Å². The SMILES string of the molecule is CCCCCCCCc1ccccc1C(=O)Cl. The van der Waals surface area contributed by atoms with Crippen molar-refractivity contribution in [3.63, 3.8) is 0 Å². The number of hydrogen-bond acceptors (Lipinski definition) is 1. The van der Waals surface area contributed by atoms with Gasteiger partial charge in [-0.05, 0) is 36.1 Å². The Morgan fingerprint density at radius 2 is 1.71 bits per heavy atom. The van der Waals surface area contributed by atoms with Crippen LogP contribution in [0.25, 0.3) is 0 Å². The second-order valence-corrected chi connectivity index (χ2v) is 4.79. The molecule has 0 aliphatic carbocycles. The van der Waals surface area contributed by atoms with E-state index in [1.165, 1.54) is 32.1 Å². The summed E-state index contributed by atoms with van der Waals surface area (Å²) in [4.78, 5) is 11.2. The number of rotatable bonds is 8. The molecule has 1 rings (SSSR count). The molecule has 1 aromatic carbocycles. The van der Waals surface area contributed by atoms with Crippen LogP contribution in [0.4, 0.5) is 0 Å². The zero-order valence-corrected chi connectivity index (χ0v) is 11.3. The van der Waals surface area contributed by atoms with Crippen LogP contribution in [0.15, 0.2) is 24.3 Å². The molecule has 0 saturated carbocycles. The standard InChI is InChI=1S/C15H21ClO/c1-2-3-4-5-6-7-10-13-11-8-9-12-14(13)15(16)17/h8-9,11-12H,2-7,10H2,1H3. The Hall–Kier alpha value is -0.820. The van der Waals surface area contributed by atoms with Gasteiger partial charge in [0.15, 0.2) is 0 Å². The largest absolute Gasteiger partial charge is 0.276 e. The van der Waals surface area contributed by atoms with Gasteiger partial charge in [-0.1, -0.05) is 57.2 Å². The van der Waals surface area contributed by atoms with Gasteiger partial charge in [-0.3, -0.25) is 4.79 Å². The van der Waals surface area contributed by atoms with Crippen LogP contribution in [0.2, 0.25) is 0 Å². The van der Waals surface area contributed by atoms with Crippen molar-refractivity contribution in [2.75, 3.05) is 0 Å². The van der Waals surface area contributed by atoms with E-state index >= 15 is 0 Å². The monoisotopic (exact) mass is 252 g/mol. The van der Waals surface area contributed by atoms with Gasteiger partial charge in [-0.25, -0.2) is 0 Å². The summed E-state index contributed by atoms with van der Waals surface area (Å²) in [5, 5.41) is -0.341. The zero-order valence-electron chi connectivity index (χ0n) is 10.5. The Morgan fingerprint density at radius 1 is 1.06 bits per heavy atom. The molecular formula is C15H21ClO. The number of unbranched alkanes of at least 4 members (excludes halogenated alkanes) is 5. The van der Waals surface area contributed by atoms with Gasteiger partial charge in [-0.2, -0.15) is 0 Å². The van der Waals surface area contributed by atoms with Crippen molar-refractivity contribution in [3.8, 4) is 0 Å². The van der Waals surface area contributed by atoms with Gasteiger partial charge in [0.2, 0.25) is 0 Å². The summed E-state index contributed by atoms with van der Waals surface area (Å²) in [6, 6.07) is 7.64. The average molecular weight is 253 g/mol. The third kappa shape index (κ3) is 5.36. The summed E-state index contributed by atoms with van der Waals surface area (Å²) < 4.78 is 0. The van der Waals surface area contributed by atoms with E-state index in [0.29, 0.717) is 5.56 Å². The molecule has 17 heavy (non-hydrogen) atoms. The summed E-state index contributed by atoms with van der Waals surface area (Å²) in [5.74, 6) is 0. The highest BCUT2D eigenvalue weighted by Gasteiger charge is 2.07. The highest BCUT2D eigenvalue weighted by molar-refractivity contribution is 6.67. The molecule has 1 nitrogen and oxygen atoms in total. The van der Waals surface area contributed by atoms with Crippen molar-refractivity contribution in [2.24, 2.45) is 0 Å². The highest BCUT2D eigenvalue weighted by Crippen LogP contribution is 2.15. The highest BCUT2D eigenvalue weighted by atomic mass is 35.5.